The lowest BCUT2D eigenvalue weighted by Crippen LogP contribution is -2.36. The maximum Gasteiger partial charge on any atom is 0.253 e. The fourth-order valence-electron chi connectivity index (χ4n) is 3.24. The third-order valence-corrected chi connectivity index (χ3v) is 4.36. The number of hydrogen-bond acceptors (Lipinski definition) is 2. The Morgan fingerprint density at radius 3 is 2.76 bits per heavy atom. The van der Waals surface area contributed by atoms with E-state index in [1.807, 2.05) is 25.1 Å². The zero-order valence-corrected chi connectivity index (χ0v) is 12.7. The lowest BCUT2D eigenvalue weighted by molar-refractivity contribution is 0.0929. The number of nitrogens with one attached hydrogen (secondary N) is 2. The number of benzene rings is 1. The van der Waals surface area contributed by atoms with E-state index in [0.717, 1.165) is 40.8 Å². The molecule has 2 N–H and O–H groups in total. The Balaban J connectivity index is 1.88. The van der Waals surface area contributed by atoms with Gasteiger partial charge in [-0.1, -0.05) is 19.3 Å². The van der Waals surface area contributed by atoms with Crippen LogP contribution in [0.4, 0.5) is 0 Å². The molecule has 1 saturated carbocycles. The van der Waals surface area contributed by atoms with Gasteiger partial charge < -0.3 is 15.0 Å². The molecule has 0 bridgehead atoms. The topological polar surface area (TPSA) is 54.1 Å². The van der Waals surface area contributed by atoms with Gasteiger partial charge >= 0.3 is 0 Å². The molecule has 112 valence electrons. The van der Waals surface area contributed by atoms with Crippen LogP contribution in [0.1, 0.15) is 48.2 Å². The first-order valence-corrected chi connectivity index (χ1v) is 7.66. The molecule has 1 fully saturated rings. The molecule has 1 aliphatic rings. The van der Waals surface area contributed by atoms with Crippen LogP contribution in [-0.2, 0) is 0 Å². The second-order valence-electron chi connectivity index (χ2n) is 5.84. The van der Waals surface area contributed by atoms with Crippen LogP contribution in [0.5, 0.6) is 5.75 Å². The molecule has 0 unspecified atom stereocenters. The molecule has 0 spiro atoms. The summed E-state index contributed by atoms with van der Waals surface area (Å²) >= 11 is 0. The minimum absolute atomic E-state index is 0.0378. The van der Waals surface area contributed by atoms with E-state index in [2.05, 4.69) is 10.3 Å². The number of aromatic nitrogens is 1. The summed E-state index contributed by atoms with van der Waals surface area (Å²) in [5.41, 5.74) is 2.62. The summed E-state index contributed by atoms with van der Waals surface area (Å²) in [6.07, 6.45) is 5.92. The van der Waals surface area contributed by atoms with Crippen LogP contribution in [0.25, 0.3) is 10.9 Å². The third-order valence-electron chi connectivity index (χ3n) is 4.36. The predicted octanol–water partition coefficient (Wildman–Crippen LogP) is 3.55. The molecule has 0 saturated heterocycles. The zero-order valence-electron chi connectivity index (χ0n) is 12.7. The van der Waals surface area contributed by atoms with E-state index in [0.29, 0.717) is 6.04 Å². The van der Waals surface area contributed by atoms with E-state index < -0.39 is 0 Å². The molecule has 4 nitrogen and oxygen atoms in total. The van der Waals surface area contributed by atoms with Gasteiger partial charge in [-0.15, -0.1) is 0 Å². The van der Waals surface area contributed by atoms with Crippen molar-refractivity contribution in [2.24, 2.45) is 0 Å². The van der Waals surface area contributed by atoms with Crippen molar-refractivity contribution in [2.75, 3.05) is 7.11 Å². The van der Waals surface area contributed by atoms with Gasteiger partial charge in [-0.3, -0.25) is 4.79 Å². The molecule has 3 rings (SSSR count). The van der Waals surface area contributed by atoms with E-state index in [-0.39, 0.29) is 5.91 Å². The highest BCUT2D eigenvalue weighted by Gasteiger charge is 2.20. The van der Waals surface area contributed by atoms with Crippen LogP contribution in [0, 0.1) is 6.92 Å². The molecule has 1 aliphatic carbocycles. The molecule has 0 radical (unpaired) electrons. The monoisotopic (exact) mass is 286 g/mol. The molecular weight excluding hydrogens is 264 g/mol. The van der Waals surface area contributed by atoms with Gasteiger partial charge in [0.2, 0.25) is 0 Å². The van der Waals surface area contributed by atoms with Gasteiger partial charge in [0.1, 0.15) is 5.75 Å². The van der Waals surface area contributed by atoms with E-state index in [9.17, 15) is 4.79 Å². The lowest BCUT2D eigenvalue weighted by Gasteiger charge is -2.22. The van der Waals surface area contributed by atoms with Gasteiger partial charge in [-0.2, -0.15) is 0 Å². The summed E-state index contributed by atoms with van der Waals surface area (Å²) in [4.78, 5) is 15.9. The highest BCUT2D eigenvalue weighted by atomic mass is 16.5. The number of hydrogen-bond donors (Lipinski definition) is 2. The molecule has 21 heavy (non-hydrogen) atoms. The second kappa shape index (κ2) is 5.80. The van der Waals surface area contributed by atoms with Gasteiger partial charge in [0, 0.05) is 23.2 Å². The van der Waals surface area contributed by atoms with E-state index in [1.54, 1.807) is 7.11 Å². The lowest BCUT2D eigenvalue weighted by atomic mass is 9.95. The SMILES string of the molecule is COc1ccc2c(C(=O)NC3CCCCC3)c(C)[nH]c2c1. The van der Waals surface area contributed by atoms with Crippen molar-refractivity contribution < 1.29 is 9.53 Å². The fourth-order valence-corrected chi connectivity index (χ4v) is 3.24. The number of fused-ring (bicyclic) bond motifs is 1. The Morgan fingerprint density at radius 1 is 1.29 bits per heavy atom. The molecule has 1 aromatic carbocycles. The number of carbonyl (C=O) groups is 1. The van der Waals surface area contributed by atoms with Crippen LogP contribution in [0.3, 0.4) is 0 Å². The molecule has 1 aromatic heterocycles. The number of methoxy groups -OCH3 is 1. The van der Waals surface area contributed by atoms with Crippen LogP contribution < -0.4 is 10.1 Å². The van der Waals surface area contributed by atoms with Crippen molar-refractivity contribution in [3.63, 3.8) is 0 Å². The van der Waals surface area contributed by atoms with Crippen LogP contribution in [-0.4, -0.2) is 24.0 Å². The van der Waals surface area contributed by atoms with Gasteiger partial charge in [-0.05, 0) is 31.9 Å². The minimum Gasteiger partial charge on any atom is -0.497 e. The van der Waals surface area contributed by atoms with Crippen molar-refractivity contribution in [3.05, 3.63) is 29.5 Å². The number of H-pyrrole nitrogens is 1. The largest absolute Gasteiger partial charge is 0.497 e. The molecule has 0 aliphatic heterocycles. The number of carbonyl (C=O) groups excluding carboxylic acids is 1. The quantitative estimate of drug-likeness (QED) is 0.906. The molecular formula is C17H22N2O2. The summed E-state index contributed by atoms with van der Waals surface area (Å²) in [5, 5.41) is 4.15. The smallest absolute Gasteiger partial charge is 0.253 e. The van der Waals surface area contributed by atoms with Crippen LogP contribution in [0.2, 0.25) is 0 Å². The van der Waals surface area contributed by atoms with Crippen molar-refractivity contribution >= 4 is 16.8 Å². The summed E-state index contributed by atoms with van der Waals surface area (Å²) in [6, 6.07) is 6.11. The maximum absolute atomic E-state index is 12.6. The minimum atomic E-state index is 0.0378. The number of aryl methyl sites for hydroxylation is 1. The summed E-state index contributed by atoms with van der Waals surface area (Å²) in [7, 11) is 1.65. The first-order chi connectivity index (χ1) is 10.2. The Hall–Kier alpha value is -1.97. The molecule has 1 heterocycles. The van der Waals surface area contributed by atoms with Crippen LogP contribution >= 0.6 is 0 Å². The summed E-state index contributed by atoms with van der Waals surface area (Å²) in [5.74, 6) is 0.832. The van der Waals surface area contributed by atoms with Crippen LogP contribution in [0.15, 0.2) is 18.2 Å². The average Bonchev–Trinajstić information content (AvgIpc) is 2.83. The predicted molar refractivity (Wildman–Crippen MR) is 83.9 cm³/mol. The number of aromatic amines is 1. The third kappa shape index (κ3) is 2.75. The maximum atomic E-state index is 12.6. The standard InChI is InChI=1S/C17H22N2O2/c1-11-16(17(20)19-12-6-4-3-5-7-12)14-9-8-13(21-2)10-15(14)18-11/h8-10,12,18H,3-7H2,1-2H3,(H,19,20). The van der Waals surface area contributed by atoms with Crippen molar-refractivity contribution in [3.8, 4) is 5.75 Å². The Morgan fingerprint density at radius 2 is 2.05 bits per heavy atom. The fraction of sp³-hybridized carbons (Fsp3) is 0.471. The number of ether oxygens (including phenoxy) is 1. The summed E-state index contributed by atoms with van der Waals surface area (Å²) < 4.78 is 5.23. The molecule has 4 heteroatoms. The Bertz CT molecular complexity index is 654. The molecule has 2 aromatic rings. The zero-order chi connectivity index (χ0) is 14.8. The van der Waals surface area contributed by atoms with Crippen molar-refractivity contribution in [1.29, 1.82) is 0 Å². The number of amides is 1. The van der Waals surface area contributed by atoms with Gasteiger partial charge in [0.15, 0.2) is 0 Å². The normalized spacial score (nSPS) is 16.1. The van der Waals surface area contributed by atoms with Gasteiger partial charge in [0.25, 0.3) is 5.91 Å². The first kappa shape index (κ1) is 14.0. The van der Waals surface area contributed by atoms with E-state index in [1.165, 1.54) is 19.3 Å². The molecule has 0 atom stereocenters. The average molecular weight is 286 g/mol. The van der Waals surface area contributed by atoms with E-state index >= 15 is 0 Å². The van der Waals surface area contributed by atoms with E-state index in [4.69, 9.17) is 4.74 Å². The Labute approximate surface area is 124 Å². The van der Waals surface area contributed by atoms with Gasteiger partial charge in [0.05, 0.1) is 18.2 Å². The Kier molecular flexibility index (Phi) is 3.86. The van der Waals surface area contributed by atoms with Crippen molar-refractivity contribution in [2.45, 2.75) is 45.1 Å². The second-order valence-corrected chi connectivity index (χ2v) is 5.84. The van der Waals surface area contributed by atoms with Crippen molar-refractivity contribution in [1.82, 2.24) is 10.3 Å². The highest BCUT2D eigenvalue weighted by molar-refractivity contribution is 6.08. The van der Waals surface area contributed by atoms with Gasteiger partial charge in [-0.25, -0.2) is 0 Å². The number of rotatable bonds is 3. The molecule has 1 amide bonds. The summed E-state index contributed by atoms with van der Waals surface area (Å²) in [6.45, 7) is 1.95. The highest BCUT2D eigenvalue weighted by Crippen LogP contribution is 2.26. The first-order valence-electron chi connectivity index (χ1n) is 7.66.